The van der Waals surface area contributed by atoms with Crippen molar-refractivity contribution in [2.24, 2.45) is 0 Å². The average Bonchev–Trinajstić information content (AvgIpc) is 3.30. The van der Waals surface area contributed by atoms with Crippen molar-refractivity contribution in [2.75, 3.05) is 11.1 Å². The van der Waals surface area contributed by atoms with Gasteiger partial charge in [0.1, 0.15) is 11.3 Å². The number of hydrogen-bond acceptors (Lipinski definition) is 5. The van der Waals surface area contributed by atoms with Crippen LogP contribution in [-0.2, 0) is 4.79 Å². The quantitative estimate of drug-likeness (QED) is 0.283. The van der Waals surface area contributed by atoms with Gasteiger partial charge in [-0.1, -0.05) is 47.2 Å². The minimum absolute atomic E-state index is 0.0287. The van der Waals surface area contributed by atoms with Gasteiger partial charge in [0.05, 0.1) is 15.4 Å². The summed E-state index contributed by atoms with van der Waals surface area (Å²) in [5, 5.41) is 8.75. The zero-order chi connectivity index (χ0) is 20.2. The number of fused-ring (bicyclic) bond motifs is 1. The number of aromatic nitrogens is 3. The van der Waals surface area contributed by atoms with Crippen molar-refractivity contribution in [3.8, 4) is 5.13 Å². The van der Waals surface area contributed by atoms with E-state index in [9.17, 15) is 4.79 Å². The van der Waals surface area contributed by atoms with Crippen molar-refractivity contribution >= 4 is 56.6 Å². The molecule has 0 bridgehead atoms. The molecule has 0 aliphatic heterocycles. The van der Waals surface area contributed by atoms with Gasteiger partial charge in [0.2, 0.25) is 11.0 Å². The number of thiazole rings is 1. The van der Waals surface area contributed by atoms with E-state index in [1.807, 2.05) is 49.4 Å². The lowest BCUT2D eigenvalue weighted by atomic mass is 10.3. The largest absolute Gasteiger partial charge is 0.311 e. The smallest absolute Gasteiger partial charge is 0.225 e. The maximum absolute atomic E-state index is 12.4. The molecular formula is C21H19ClN4OS2. The van der Waals surface area contributed by atoms with Gasteiger partial charge in [-0.05, 0) is 43.4 Å². The summed E-state index contributed by atoms with van der Waals surface area (Å²) < 4.78 is 2.66. The molecule has 0 atom stereocenters. The highest BCUT2D eigenvalue weighted by Crippen LogP contribution is 2.31. The number of benzene rings is 2. The zero-order valence-electron chi connectivity index (χ0n) is 15.8. The maximum atomic E-state index is 12.4. The molecule has 29 heavy (non-hydrogen) atoms. The van der Waals surface area contributed by atoms with E-state index in [0.717, 1.165) is 28.1 Å². The van der Waals surface area contributed by atoms with Gasteiger partial charge in [0.25, 0.3) is 0 Å². The number of rotatable bonds is 7. The van der Waals surface area contributed by atoms with Crippen LogP contribution in [0.15, 0.2) is 59.5 Å². The van der Waals surface area contributed by atoms with E-state index >= 15 is 0 Å². The first-order valence-corrected chi connectivity index (χ1v) is 11.4. The number of carbonyl (C=O) groups excluding carboxylic acids is 1. The summed E-state index contributed by atoms with van der Waals surface area (Å²) in [6, 6.07) is 17.7. The number of amides is 1. The minimum atomic E-state index is -0.0287. The maximum Gasteiger partial charge on any atom is 0.225 e. The van der Waals surface area contributed by atoms with Crippen molar-refractivity contribution in [1.29, 1.82) is 0 Å². The standard InChI is InChI=1S/C21H19ClN4OS2/c1-14-13-18(23-19(27)11-6-12-28-15-7-3-2-4-8-15)26(25-14)21-24-20-16(22)9-5-10-17(20)29-21/h2-5,7-10,13H,6,11-12H2,1H3,(H,23,27). The van der Waals surface area contributed by atoms with Gasteiger partial charge in [-0.3, -0.25) is 4.79 Å². The van der Waals surface area contributed by atoms with Crippen LogP contribution < -0.4 is 5.32 Å². The van der Waals surface area contributed by atoms with E-state index in [1.54, 1.807) is 16.4 Å². The van der Waals surface area contributed by atoms with Gasteiger partial charge < -0.3 is 5.32 Å². The second-order valence-electron chi connectivity index (χ2n) is 6.48. The van der Waals surface area contributed by atoms with Crippen LogP contribution >= 0.6 is 34.7 Å². The highest BCUT2D eigenvalue weighted by Gasteiger charge is 2.15. The van der Waals surface area contributed by atoms with Crippen molar-refractivity contribution in [1.82, 2.24) is 14.8 Å². The molecule has 5 nitrogen and oxygen atoms in total. The molecule has 0 aliphatic rings. The molecule has 0 aliphatic carbocycles. The Morgan fingerprint density at radius 2 is 2.03 bits per heavy atom. The molecule has 0 spiro atoms. The molecule has 2 aromatic heterocycles. The number of nitrogens with zero attached hydrogens (tertiary/aromatic N) is 3. The molecule has 8 heteroatoms. The third-order valence-corrected chi connectivity index (χ3v) is 6.60. The van der Waals surface area contributed by atoms with Gasteiger partial charge in [0, 0.05) is 17.4 Å². The van der Waals surface area contributed by atoms with Gasteiger partial charge >= 0.3 is 0 Å². The fourth-order valence-corrected chi connectivity index (χ4v) is 4.98. The Labute approximate surface area is 182 Å². The van der Waals surface area contributed by atoms with E-state index in [4.69, 9.17) is 11.6 Å². The van der Waals surface area contributed by atoms with Crippen LogP contribution in [0, 0.1) is 6.92 Å². The Hall–Kier alpha value is -2.35. The monoisotopic (exact) mass is 442 g/mol. The first-order valence-electron chi connectivity index (χ1n) is 9.20. The Balaban J connectivity index is 1.41. The van der Waals surface area contributed by atoms with Crippen LogP contribution in [0.5, 0.6) is 0 Å². The number of carbonyl (C=O) groups is 1. The lowest BCUT2D eigenvalue weighted by Crippen LogP contribution is -2.14. The van der Waals surface area contributed by atoms with Gasteiger partial charge in [-0.25, -0.2) is 4.98 Å². The summed E-state index contributed by atoms with van der Waals surface area (Å²) in [4.78, 5) is 18.3. The van der Waals surface area contributed by atoms with E-state index in [2.05, 4.69) is 27.5 Å². The van der Waals surface area contributed by atoms with E-state index < -0.39 is 0 Å². The average molecular weight is 443 g/mol. The summed E-state index contributed by atoms with van der Waals surface area (Å²) >= 11 is 9.49. The third-order valence-electron chi connectivity index (χ3n) is 4.20. The molecule has 0 fully saturated rings. The van der Waals surface area contributed by atoms with Gasteiger partial charge in [-0.15, -0.1) is 11.8 Å². The number of nitrogens with one attached hydrogen (secondary N) is 1. The summed E-state index contributed by atoms with van der Waals surface area (Å²) in [6.07, 6.45) is 1.25. The second-order valence-corrected chi connectivity index (χ2v) is 9.06. The van der Waals surface area contributed by atoms with Crippen molar-refractivity contribution in [3.63, 3.8) is 0 Å². The van der Waals surface area contributed by atoms with Crippen LogP contribution in [0.1, 0.15) is 18.5 Å². The van der Waals surface area contributed by atoms with Crippen LogP contribution in [0.3, 0.4) is 0 Å². The molecule has 0 saturated carbocycles. The first-order chi connectivity index (χ1) is 14.1. The molecule has 0 radical (unpaired) electrons. The fraction of sp³-hybridized carbons (Fsp3) is 0.190. The number of hydrogen-bond donors (Lipinski definition) is 1. The summed E-state index contributed by atoms with van der Waals surface area (Å²) in [5.74, 6) is 1.49. The SMILES string of the molecule is Cc1cc(NC(=O)CCCSc2ccccc2)n(-c2nc3c(Cl)cccc3s2)n1. The number of anilines is 1. The minimum Gasteiger partial charge on any atom is -0.311 e. The van der Waals surface area contributed by atoms with Gasteiger partial charge in [0.15, 0.2) is 0 Å². The molecule has 4 rings (SSSR count). The molecule has 4 aromatic rings. The number of aryl methyl sites for hydroxylation is 1. The van der Waals surface area contributed by atoms with Crippen molar-refractivity contribution in [3.05, 3.63) is 65.3 Å². The predicted molar refractivity (Wildman–Crippen MR) is 122 cm³/mol. The second kappa shape index (κ2) is 8.98. The van der Waals surface area contributed by atoms with E-state index in [0.29, 0.717) is 22.4 Å². The Bertz CT molecular complexity index is 1140. The highest BCUT2D eigenvalue weighted by atomic mass is 35.5. The topological polar surface area (TPSA) is 59.8 Å². The molecule has 0 unspecified atom stereocenters. The summed E-state index contributed by atoms with van der Waals surface area (Å²) in [6.45, 7) is 1.89. The molecule has 1 amide bonds. The van der Waals surface area contributed by atoms with Crippen LogP contribution in [0.4, 0.5) is 5.82 Å². The molecule has 2 aromatic carbocycles. The molecule has 2 heterocycles. The Morgan fingerprint density at radius 3 is 2.83 bits per heavy atom. The van der Waals surface area contributed by atoms with Crippen molar-refractivity contribution < 1.29 is 4.79 Å². The van der Waals surface area contributed by atoms with E-state index in [-0.39, 0.29) is 5.91 Å². The van der Waals surface area contributed by atoms with Gasteiger partial charge in [-0.2, -0.15) is 9.78 Å². The third kappa shape index (κ3) is 4.80. The van der Waals surface area contributed by atoms with Crippen LogP contribution in [0.25, 0.3) is 15.3 Å². The van der Waals surface area contributed by atoms with E-state index in [1.165, 1.54) is 16.2 Å². The summed E-state index contributed by atoms with van der Waals surface area (Å²) in [5.41, 5.74) is 1.56. The number of thioether (sulfide) groups is 1. The molecular weight excluding hydrogens is 424 g/mol. The predicted octanol–water partition coefficient (Wildman–Crippen LogP) is 5.95. The normalized spacial score (nSPS) is 11.1. The zero-order valence-corrected chi connectivity index (χ0v) is 18.2. The van der Waals surface area contributed by atoms with Crippen LogP contribution in [0.2, 0.25) is 5.02 Å². The Kier molecular flexibility index (Phi) is 6.18. The fourth-order valence-electron chi connectivity index (χ4n) is 2.87. The van der Waals surface area contributed by atoms with Crippen LogP contribution in [-0.4, -0.2) is 26.4 Å². The van der Waals surface area contributed by atoms with Crippen molar-refractivity contribution in [2.45, 2.75) is 24.7 Å². The molecule has 0 saturated heterocycles. The number of halogens is 1. The molecule has 1 N–H and O–H groups in total. The highest BCUT2D eigenvalue weighted by molar-refractivity contribution is 7.99. The lowest BCUT2D eigenvalue weighted by Gasteiger charge is -2.06. The Morgan fingerprint density at radius 1 is 1.21 bits per heavy atom. The summed E-state index contributed by atoms with van der Waals surface area (Å²) in [7, 11) is 0. The lowest BCUT2D eigenvalue weighted by molar-refractivity contribution is -0.116. The first kappa shape index (κ1) is 19.9. The number of para-hydroxylation sites is 1. The molecule has 148 valence electrons.